The molecular formula is C15H19NO3. The first-order valence-electron chi connectivity index (χ1n) is 6.68. The molecule has 1 amide bonds. The highest BCUT2D eigenvalue weighted by Crippen LogP contribution is 2.24. The number of amides is 1. The predicted octanol–water partition coefficient (Wildman–Crippen LogP) is 2.63. The van der Waals surface area contributed by atoms with Gasteiger partial charge in [0, 0.05) is 19.5 Å². The van der Waals surface area contributed by atoms with Gasteiger partial charge in [0.25, 0.3) is 5.91 Å². The Labute approximate surface area is 113 Å². The third-order valence-corrected chi connectivity index (χ3v) is 3.43. The van der Waals surface area contributed by atoms with Gasteiger partial charge in [-0.1, -0.05) is 12.1 Å². The standard InChI is InChI=1S/C15H19NO3/c1-11-7-5-6-10-16(11)15(18)13-8-3-4-9-14(13)19-12(2)17/h3-4,8-9,11H,5-7,10H2,1-2H3. The Kier molecular flexibility index (Phi) is 4.20. The van der Waals surface area contributed by atoms with Gasteiger partial charge in [-0.2, -0.15) is 0 Å². The first-order chi connectivity index (χ1) is 9.09. The van der Waals surface area contributed by atoms with Gasteiger partial charge in [0.1, 0.15) is 5.75 Å². The second kappa shape index (κ2) is 5.87. The third-order valence-electron chi connectivity index (χ3n) is 3.43. The van der Waals surface area contributed by atoms with Crippen LogP contribution < -0.4 is 4.74 Å². The minimum atomic E-state index is -0.410. The monoisotopic (exact) mass is 261 g/mol. The Hall–Kier alpha value is -1.84. The van der Waals surface area contributed by atoms with Crippen LogP contribution in [-0.2, 0) is 4.79 Å². The van der Waals surface area contributed by atoms with E-state index in [1.807, 2.05) is 4.90 Å². The summed E-state index contributed by atoms with van der Waals surface area (Å²) in [5.74, 6) is -0.117. The van der Waals surface area contributed by atoms with E-state index in [9.17, 15) is 9.59 Å². The highest BCUT2D eigenvalue weighted by Gasteiger charge is 2.26. The van der Waals surface area contributed by atoms with Gasteiger partial charge in [-0.15, -0.1) is 0 Å². The SMILES string of the molecule is CC(=O)Oc1ccccc1C(=O)N1CCCCC1C. The molecule has 1 atom stereocenters. The van der Waals surface area contributed by atoms with Crippen LogP contribution in [0.1, 0.15) is 43.5 Å². The lowest BCUT2D eigenvalue weighted by Crippen LogP contribution is -2.42. The average molecular weight is 261 g/mol. The van der Waals surface area contributed by atoms with E-state index >= 15 is 0 Å². The molecule has 0 bridgehead atoms. The molecule has 0 saturated carbocycles. The molecule has 1 unspecified atom stereocenters. The van der Waals surface area contributed by atoms with Crippen molar-refractivity contribution in [3.8, 4) is 5.75 Å². The van der Waals surface area contributed by atoms with Crippen molar-refractivity contribution >= 4 is 11.9 Å². The van der Waals surface area contributed by atoms with Gasteiger partial charge in [0.15, 0.2) is 0 Å². The largest absolute Gasteiger partial charge is 0.426 e. The van der Waals surface area contributed by atoms with Gasteiger partial charge in [0.05, 0.1) is 5.56 Å². The van der Waals surface area contributed by atoms with E-state index in [1.54, 1.807) is 24.3 Å². The number of hydrogen-bond acceptors (Lipinski definition) is 3. The van der Waals surface area contributed by atoms with Gasteiger partial charge in [0.2, 0.25) is 0 Å². The van der Waals surface area contributed by atoms with Gasteiger partial charge in [-0.3, -0.25) is 9.59 Å². The quantitative estimate of drug-likeness (QED) is 0.607. The molecule has 1 aromatic rings. The minimum Gasteiger partial charge on any atom is -0.426 e. The lowest BCUT2D eigenvalue weighted by Gasteiger charge is -2.33. The fourth-order valence-electron chi connectivity index (χ4n) is 2.44. The fourth-order valence-corrected chi connectivity index (χ4v) is 2.44. The van der Waals surface area contributed by atoms with Gasteiger partial charge in [-0.25, -0.2) is 0 Å². The van der Waals surface area contributed by atoms with Gasteiger partial charge < -0.3 is 9.64 Å². The number of esters is 1. The Bertz CT molecular complexity index is 484. The summed E-state index contributed by atoms with van der Waals surface area (Å²) in [5, 5.41) is 0. The number of carbonyl (C=O) groups excluding carboxylic acids is 2. The molecule has 1 fully saturated rings. The average Bonchev–Trinajstić information content (AvgIpc) is 2.38. The molecule has 0 aromatic heterocycles. The van der Waals surface area contributed by atoms with Gasteiger partial charge in [-0.05, 0) is 38.3 Å². The molecule has 2 rings (SSSR count). The highest BCUT2D eigenvalue weighted by molar-refractivity contribution is 5.97. The summed E-state index contributed by atoms with van der Waals surface area (Å²) in [6, 6.07) is 7.15. The highest BCUT2D eigenvalue weighted by atomic mass is 16.5. The van der Waals surface area contributed by atoms with Crippen molar-refractivity contribution in [3.05, 3.63) is 29.8 Å². The first kappa shape index (κ1) is 13.6. The van der Waals surface area contributed by atoms with E-state index in [2.05, 4.69) is 6.92 Å². The zero-order valence-electron chi connectivity index (χ0n) is 11.4. The third kappa shape index (κ3) is 3.13. The van der Waals surface area contributed by atoms with Crippen molar-refractivity contribution in [2.75, 3.05) is 6.54 Å². The molecule has 1 aliphatic rings. The Morgan fingerprint density at radius 1 is 1.26 bits per heavy atom. The number of hydrogen-bond donors (Lipinski definition) is 0. The maximum absolute atomic E-state index is 12.5. The summed E-state index contributed by atoms with van der Waals surface area (Å²) >= 11 is 0. The van der Waals surface area contributed by atoms with Gasteiger partial charge >= 0.3 is 5.97 Å². The number of piperidine rings is 1. The minimum absolute atomic E-state index is 0.0518. The van der Waals surface area contributed by atoms with Crippen molar-refractivity contribution in [1.29, 1.82) is 0 Å². The number of ether oxygens (including phenoxy) is 1. The lowest BCUT2D eigenvalue weighted by molar-refractivity contribution is -0.131. The zero-order chi connectivity index (χ0) is 13.8. The summed E-state index contributed by atoms with van der Waals surface area (Å²) in [4.78, 5) is 25.5. The number of nitrogens with zero attached hydrogens (tertiary/aromatic N) is 1. The Morgan fingerprint density at radius 3 is 2.68 bits per heavy atom. The molecule has 1 aromatic carbocycles. The molecule has 102 valence electrons. The molecule has 4 nitrogen and oxygen atoms in total. The number of para-hydroxylation sites is 1. The van der Waals surface area contributed by atoms with Crippen molar-refractivity contribution < 1.29 is 14.3 Å². The molecule has 4 heteroatoms. The topological polar surface area (TPSA) is 46.6 Å². The van der Waals surface area contributed by atoms with Crippen LogP contribution in [0.4, 0.5) is 0 Å². The fraction of sp³-hybridized carbons (Fsp3) is 0.467. The maximum Gasteiger partial charge on any atom is 0.308 e. The summed E-state index contributed by atoms with van der Waals surface area (Å²) in [5.41, 5.74) is 0.464. The smallest absolute Gasteiger partial charge is 0.308 e. The normalized spacial score (nSPS) is 19.1. The van der Waals surface area contributed by atoms with Crippen LogP contribution in [0.2, 0.25) is 0 Å². The summed E-state index contributed by atoms with van der Waals surface area (Å²) in [6.07, 6.45) is 3.23. The van der Waals surface area contributed by atoms with Crippen LogP contribution in [0, 0.1) is 0 Å². The molecule has 19 heavy (non-hydrogen) atoms. The van der Waals surface area contributed by atoms with Crippen LogP contribution in [0.3, 0.4) is 0 Å². The van der Waals surface area contributed by atoms with Crippen LogP contribution in [0.15, 0.2) is 24.3 Å². The number of rotatable bonds is 2. The van der Waals surface area contributed by atoms with E-state index < -0.39 is 5.97 Å². The van der Waals surface area contributed by atoms with Crippen molar-refractivity contribution in [2.45, 2.75) is 39.2 Å². The molecule has 1 heterocycles. The zero-order valence-corrected chi connectivity index (χ0v) is 11.4. The van der Waals surface area contributed by atoms with Crippen LogP contribution >= 0.6 is 0 Å². The van der Waals surface area contributed by atoms with E-state index in [4.69, 9.17) is 4.74 Å². The number of carbonyl (C=O) groups is 2. The predicted molar refractivity (Wildman–Crippen MR) is 72.1 cm³/mol. The molecule has 1 saturated heterocycles. The second-order valence-electron chi connectivity index (χ2n) is 4.93. The second-order valence-corrected chi connectivity index (χ2v) is 4.93. The molecule has 0 aliphatic carbocycles. The molecule has 1 aliphatic heterocycles. The lowest BCUT2D eigenvalue weighted by atomic mass is 10.0. The number of benzene rings is 1. The molecule has 0 radical (unpaired) electrons. The van der Waals surface area contributed by atoms with Crippen LogP contribution in [0.5, 0.6) is 5.75 Å². The van der Waals surface area contributed by atoms with E-state index in [0.29, 0.717) is 11.3 Å². The molecular weight excluding hydrogens is 242 g/mol. The Morgan fingerprint density at radius 2 is 2.00 bits per heavy atom. The van der Waals surface area contributed by atoms with E-state index in [-0.39, 0.29) is 11.9 Å². The Balaban J connectivity index is 2.25. The van der Waals surface area contributed by atoms with E-state index in [1.165, 1.54) is 6.92 Å². The summed E-state index contributed by atoms with van der Waals surface area (Å²) < 4.78 is 5.11. The van der Waals surface area contributed by atoms with E-state index in [0.717, 1.165) is 25.8 Å². The first-order valence-corrected chi connectivity index (χ1v) is 6.68. The number of likely N-dealkylation sites (tertiary alicyclic amines) is 1. The van der Waals surface area contributed by atoms with Crippen LogP contribution in [-0.4, -0.2) is 29.4 Å². The van der Waals surface area contributed by atoms with Crippen LogP contribution in [0.25, 0.3) is 0 Å². The van der Waals surface area contributed by atoms with Crippen molar-refractivity contribution in [2.24, 2.45) is 0 Å². The summed E-state index contributed by atoms with van der Waals surface area (Å²) in [7, 11) is 0. The maximum atomic E-state index is 12.5. The molecule has 0 spiro atoms. The van der Waals surface area contributed by atoms with Crippen molar-refractivity contribution in [3.63, 3.8) is 0 Å². The van der Waals surface area contributed by atoms with Crippen molar-refractivity contribution in [1.82, 2.24) is 4.90 Å². The molecule has 0 N–H and O–H groups in total. The summed E-state index contributed by atoms with van der Waals surface area (Å²) in [6.45, 7) is 4.17.